The van der Waals surface area contributed by atoms with Crippen LogP contribution in [0.4, 0.5) is 17.1 Å². The van der Waals surface area contributed by atoms with Gasteiger partial charge in [-0.25, -0.2) is 4.79 Å². The predicted octanol–water partition coefficient (Wildman–Crippen LogP) is 1.88. The van der Waals surface area contributed by atoms with Crippen molar-refractivity contribution in [1.29, 1.82) is 0 Å². The fraction of sp³-hybridized carbons (Fsp3) is 0.312. The summed E-state index contributed by atoms with van der Waals surface area (Å²) < 4.78 is 4.70. The molecule has 0 fully saturated rings. The van der Waals surface area contributed by atoms with Crippen LogP contribution in [0.1, 0.15) is 24.2 Å². The summed E-state index contributed by atoms with van der Waals surface area (Å²) in [7, 11) is 1.28. The zero-order chi connectivity index (χ0) is 16.3. The van der Waals surface area contributed by atoms with Gasteiger partial charge < -0.3 is 15.4 Å². The number of methoxy groups -OCH3 is 1. The lowest BCUT2D eigenvalue weighted by molar-refractivity contribution is 0.0602. The molecule has 0 atom stereocenters. The Kier molecular flexibility index (Phi) is 4.60. The third-order valence-corrected chi connectivity index (χ3v) is 3.19. The van der Waals surface area contributed by atoms with Gasteiger partial charge in [-0.2, -0.15) is 0 Å². The van der Waals surface area contributed by atoms with Crippen LogP contribution in [0.3, 0.4) is 0 Å². The molecule has 0 amide bonds. The van der Waals surface area contributed by atoms with Gasteiger partial charge >= 0.3 is 5.97 Å². The molecule has 0 bridgehead atoms. The fourth-order valence-corrected chi connectivity index (χ4v) is 2.00. The number of carbonyl (C=O) groups is 1. The number of carbonyl (C=O) groups excluding carboxylic acids is 1. The Morgan fingerprint density at radius 1 is 1.14 bits per heavy atom. The third-order valence-electron chi connectivity index (χ3n) is 3.19. The summed E-state index contributed by atoms with van der Waals surface area (Å²) in [5, 5.41) is 5.82. The second kappa shape index (κ2) is 6.43. The molecular formula is C16H18N2O4. The van der Waals surface area contributed by atoms with Crippen molar-refractivity contribution in [3.05, 3.63) is 50.3 Å². The third kappa shape index (κ3) is 3.00. The number of nitrogens with one attached hydrogen (secondary N) is 2. The lowest BCUT2D eigenvalue weighted by Crippen LogP contribution is -2.37. The first kappa shape index (κ1) is 15.8. The van der Waals surface area contributed by atoms with Crippen LogP contribution in [0.25, 0.3) is 0 Å². The monoisotopic (exact) mass is 302 g/mol. The molecule has 0 radical (unpaired) electrons. The predicted molar refractivity (Wildman–Crippen MR) is 85.7 cm³/mol. The lowest BCUT2D eigenvalue weighted by atomic mass is 10.1. The van der Waals surface area contributed by atoms with Crippen molar-refractivity contribution in [2.75, 3.05) is 24.3 Å². The maximum Gasteiger partial charge on any atom is 0.339 e. The van der Waals surface area contributed by atoms with Crippen LogP contribution in [0.5, 0.6) is 0 Å². The Hall–Kier alpha value is -2.63. The Morgan fingerprint density at radius 2 is 1.77 bits per heavy atom. The van der Waals surface area contributed by atoms with Gasteiger partial charge in [0.2, 0.25) is 0 Å². The van der Waals surface area contributed by atoms with E-state index in [0.717, 1.165) is 0 Å². The molecule has 2 rings (SSSR count). The molecule has 22 heavy (non-hydrogen) atoms. The van der Waals surface area contributed by atoms with E-state index in [2.05, 4.69) is 10.6 Å². The SMILES string of the molecule is COC(=O)c1ccccc1Nc1c(NCC(C)C)c(=O)c1=O. The minimum atomic E-state index is -0.592. The highest BCUT2D eigenvalue weighted by Gasteiger charge is 2.22. The second-order valence-electron chi connectivity index (χ2n) is 5.35. The summed E-state index contributed by atoms with van der Waals surface area (Å²) >= 11 is 0. The highest BCUT2D eigenvalue weighted by molar-refractivity contribution is 5.97. The van der Waals surface area contributed by atoms with Crippen molar-refractivity contribution in [2.24, 2.45) is 5.92 Å². The summed E-state index contributed by atoms with van der Waals surface area (Å²) in [6, 6.07) is 6.65. The number of hydrogen-bond acceptors (Lipinski definition) is 6. The number of esters is 1. The van der Waals surface area contributed by atoms with Crippen LogP contribution in [-0.4, -0.2) is 19.6 Å². The smallest absolute Gasteiger partial charge is 0.339 e. The molecular weight excluding hydrogens is 284 g/mol. The molecule has 0 aliphatic carbocycles. The number of anilines is 3. The van der Waals surface area contributed by atoms with Gasteiger partial charge in [-0.05, 0) is 18.1 Å². The largest absolute Gasteiger partial charge is 0.465 e. The van der Waals surface area contributed by atoms with E-state index >= 15 is 0 Å². The van der Waals surface area contributed by atoms with E-state index < -0.39 is 16.8 Å². The molecule has 0 saturated carbocycles. The van der Waals surface area contributed by atoms with Crippen LogP contribution < -0.4 is 21.5 Å². The van der Waals surface area contributed by atoms with Gasteiger partial charge in [0.05, 0.1) is 18.4 Å². The highest BCUT2D eigenvalue weighted by Crippen LogP contribution is 2.24. The summed E-state index contributed by atoms with van der Waals surface area (Å²) in [5.41, 5.74) is 0.0342. The van der Waals surface area contributed by atoms with Gasteiger partial charge in [-0.3, -0.25) is 9.59 Å². The Morgan fingerprint density at radius 3 is 2.41 bits per heavy atom. The number of rotatable bonds is 6. The topological polar surface area (TPSA) is 84.5 Å². The van der Waals surface area contributed by atoms with E-state index in [9.17, 15) is 14.4 Å². The van der Waals surface area contributed by atoms with E-state index in [4.69, 9.17) is 4.74 Å². The highest BCUT2D eigenvalue weighted by atomic mass is 16.5. The molecule has 0 heterocycles. The van der Waals surface area contributed by atoms with Gasteiger partial charge in [0, 0.05) is 6.54 Å². The minimum absolute atomic E-state index is 0.182. The molecule has 0 aliphatic rings. The van der Waals surface area contributed by atoms with Crippen LogP contribution in [0.2, 0.25) is 0 Å². The van der Waals surface area contributed by atoms with Crippen LogP contribution >= 0.6 is 0 Å². The van der Waals surface area contributed by atoms with Crippen molar-refractivity contribution >= 4 is 23.0 Å². The van der Waals surface area contributed by atoms with Crippen molar-refractivity contribution in [3.63, 3.8) is 0 Å². The Labute approximate surface area is 127 Å². The molecule has 6 heteroatoms. The maximum atomic E-state index is 11.7. The van der Waals surface area contributed by atoms with Crippen LogP contribution in [0.15, 0.2) is 33.9 Å². The van der Waals surface area contributed by atoms with Gasteiger partial charge in [0.25, 0.3) is 10.9 Å². The van der Waals surface area contributed by atoms with E-state index in [-0.39, 0.29) is 11.4 Å². The van der Waals surface area contributed by atoms with Gasteiger partial charge in [0.1, 0.15) is 11.4 Å². The molecule has 2 aromatic carbocycles. The van der Waals surface area contributed by atoms with Crippen LogP contribution in [-0.2, 0) is 4.74 Å². The number of hydrogen-bond donors (Lipinski definition) is 2. The standard InChI is InChI=1S/C16H18N2O4/c1-9(2)8-17-12-13(15(20)14(12)19)18-11-7-5-4-6-10(11)16(21)22-3/h4-7,9,17-18H,8H2,1-3H3. The number of para-hydroxylation sites is 1. The van der Waals surface area contributed by atoms with Gasteiger partial charge in [-0.1, -0.05) is 26.0 Å². The second-order valence-corrected chi connectivity index (χ2v) is 5.35. The average Bonchev–Trinajstić information content (AvgIpc) is 2.52. The molecule has 0 spiro atoms. The molecule has 0 unspecified atom stereocenters. The summed E-state index contributed by atoms with van der Waals surface area (Å²) in [4.78, 5) is 35.1. The molecule has 0 saturated heterocycles. The van der Waals surface area contributed by atoms with Crippen LogP contribution in [0, 0.1) is 5.92 Å². The number of ether oxygens (including phenoxy) is 1. The van der Waals surface area contributed by atoms with E-state index in [0.29, 0.717) is 23.7 Å². The quantitative estimate of drug-likeness (QED) is 0.626. The van der Waals surface area contributed by atoms with Gasteiger partial charge in [-0.15, -0.1) is 0 Å². The Bertz CT molecular complexity index is 758. The normalized spacial score (nSPS) is 10.7. The molecule has 2 aromatic rings. The van der Waals surface area contributed by atoms with E-state index in [1.54, 1.807) is 24.3 Å². The molecule has 0 aromatic heterocycles. The van der Waals surface area contributed by atoms with Crippen molar-refractivity contribution in [1.82, 2.24) is 0 Å². The molecule has 2 N–H and O–H groups in total. The average molecular weight is 302 g/mol. The lowest BCUT2D eigenvalue weighted by Gasteiger charge is -2.17. The minimum Gasteiger partial charge on any atom is -0.465 e. The first-order chi connectivity index (χ1) is 10.5. The van der Waals surface area contributed by atoms with Gasteiger partial charge in [0.15, 0.2) is 0 Å². The zero-order valence-electron chi connectivity index (χ0n) is 12.7. The summed E-state index contributed by atoms with van der Waals surface area (Å²) in [6.07, 6.45) is 0. The first-order valence-corrected chi connectivity index (χ1v) is 6.97. The van der Waals surface area contributed by atoms with Crippen molar-refractivity contribution in [2.45, 2.75) is 13.8 Å². The van der Waals surface area contributed by atoms with Crippen molar-refractivity contribution < 1.29 is 9.53 Å². The zero-order valence-corrected chi connectivity index (χ0v) is 12.7. The van der Waals surface area contributed by atoms with E-state index in [1.807, 2.05) is 13.8 Å². The molecule has 116 valence electrons. The Balaban J connectivity index is 2.29. The summed E-state index contributed by atoms with van der Waals surface area (Å²) in [5.74, 6) is -0.182. The summed E-state index contributed by atoms with van der Waals surface area (Å²) in [6.45, 7) is 4.58. The first-order valence-electron chi connectivity index (χ1n) is 6.97. The molecule has 0 aliphatic heterocycles. The molecule has 6 nitrogen and oxygen atoms in total. The fourth-order valence-electron chi connectivity index (χ4n) is 2.00. The maximum absolute atomic E-state index is 11.7. The van der Waals surface area contributed by atoms with E-state index in [1.165, 1.54) is 7.11 Å². The number of benzene rings is 1. The van der Waals surface area contributed by atoms with Crippen molar-refractivity contribution in [3.8, 4) is 0 Å².